The van der Waals surface area contributed by atoms with Crippen LogP contribution in [0.15, 0.2) is 29.3 Å². The Hall–Kier alpha value is -1.35. The molecule has 1 saturated carbocycles. The van der Waals surface area contributed by atoms with Crippen molar-refractivity contribution >= 4 is 35.8 Å². The molecule has 0 spiro atoms. The fourth-order valence-electron chi connectivity index (χ4n) is 2.68. The maximum Gasteiger partial charge on any atom is 0.248 e. The van der Waals surface area contributed by atoms with Gasteiger partial charge in [-0.1, -0.05) is 12.1 Å². The number of primary amides is 1. The average molecular weight is 446 g/mol. The van der Waals surface area contributed by atoms with Crippen molar-refractivity contribution < 1.29 is 9.90 Å². The van der Waals surface area contributed by atoms with Crippen LogP contribution in [0.25, 0.3) is 0 Å². The van der Waals surface area contributed by atoms with Gasteiger partial charge in [-0.25, -0.2) is 4.99 Å². The zero-order chi connectivity index (χ0) is 16.7. The topological polar surface area (TPSA) is 99.7 Å². The fourth-order valence-corrected chi connectivity index (χ4v) is 2.68. The lowest BCUT2D eigenvalue weighted by Crippen LogP contribution is -2.45. The van der Waals surface area contributed by atoms with Crippen molar-refractivity contribution in [2.75, 3.05) is 6.54 Å². The third kappa shape index (κ3) is 6.64. The van der Waals surface area contributed by atoms with Crippen LogP contribution >= 0.6 is 24.0 Å². The SMILES string of the molecule is CCNC(=NCc1ccc(C(N)=O)cc1)NC1CCC(O)CC1.I. The Bertz CT molecular complexity index is 540. The second-order valence-corrected chi connectivity index (χ2v) is 5.91. The molecule has 2 rings (SSSR count). The Morgan fingerprint density at radius 1 is 1.25 bits per heavy atom. The summed E-state index contributed by atoms with van der Waals surface area (Å²) in [7, 11) is 0. The molecule has 0 saturated heterocycles. The number of nitrogens with zero attached hydrogens (tertiary/aromatic N) is 1. The summed E-state index contributed by atoms with van der Waals surface area (Å²) < 4.78 is 0. The van der Waals surface area contributed by atoms with Crippen molar-refractivity contribution in [3.63, 3.8) is 0 Å². The molecule has 0 bridgehead atoms. The highest BCUT2D eigenvalue weighted by Gasteiger charge is 2.19. The first-order valence-electron chi connectivity index (χ1n) is 8.20. The number of nitrogens with two attached hydrogens (primary N) is 1. The van der Waals surface area contributed by atoms with E-state index in [0.29, 0.717) is 18.2 Å². The van der Waals surface area contributed by atoms with Gasteiger partial charge in [0.05, 0.1) is 12.6 Å². The summed E-state index contributed by atoms with van der Waals surface area (Å²) in [5.41, 5.74) is 6.76. The van der Waals surface area contributed by atoms with Gasteiger partial charge in [0, 0.05) is 18.2 Å². The maximum atomic E-state index is 11.1. The van der Waals surface area contributed by atoms with E-state index in [1.165, 1.54) is 0 Å². The number of hydrogen-bond donors (Lipinski definition) is 4. The van der Waals surface area contributed by atoms with Crippen LogP contribution in [0.4, 0.5) is 0 Å². The van der Waals surface area contributed by atoms with Gasteiger partial charge in [0.25, 0.3) is 0 Å². The minimum absolute atomic E-state index is 0. The molecule has 1 fully saturated rings. The zero-order valence-electron chi connectivity index (χ0n) is 14.0. The molecular weight excluding hydrogens is 419 g/mol. The zero-order valence-corrected chi connectivity index (χ0v) is 16.3. The fraction of sp³-hybridized carbons (Fsp3) is 0.529. The smallest absolute Gasteiger partial charge is 0.248 e. The van der Waals surface area contributed by atoms with Crippen molar-refractivity contribution in [3.8, 4) is 0 Å². The number of rotatable bonds is 5. The van der Waals surface area contributed by atoms with Gasteiger partial charge >= 0.3 is 0 Å². The number of carbonyl (C=O) groups is 1. The van der Waals surface area contributed by atoms with Gasteiger partial charge in [0.2, 0.25) is 5.91 Å². The number of carbonyl (C=O) groups excluding carboxylic acids is 1. The van der Waals surface area contributed by atoms with Crippen molar-refractivity contribution in [2.24, 2.45) is 10.7 Å². The van der Waals surface area contributed by atoms with Gasteiger partial charge in [0.15, 0.2) is 5.96 Å². The summed E-state index contributed by atoms with van der Waals surface area (Å²) >= 11 is 0. The van der Waals surface area contributed by atoms with Crippen molar-refractivity contribution in [1.29, 1.82) is 0 Å². The molecule has 0 heterocycles. The van der Waals surface area contributed by atoms with Crippen LogP contribution in [0.5, 0.6) is 0 Å². The van der Waals surface area contributed by atoms with Gasteiger partial charge in [-0.15, -0.1) is 24.0 Å². The first kappa shape index (κ1) is 20.7. The van der Waals surface area contributed by atoms with E-state index in [0.717, 1.165) is 43.8 Å². The summed E-state index contributed by atoms with van der Waals surface area (Å²) in [6.07, 6.45) is 3.44. The second-order valence-electron chi connectivity index (χ2n) is 5.91. The van der Waals surface area contributed by atoms with E-state index in [2.05, 4.69) is 15.6 Å². The number of amides is 1. The Kier molecular flexibility index (Phi) is 9.05. The summed E-state index contributed by atoms with van der Waals surface area (Å²) in [5.74, 6) is 0.363. The van der Waals surface area contributed by atoms with Crippen LogP contribution in [0.1, 0.15) is 48.5 Å². The number of benzene rings is 1. The van der Waals surface area contributed by atoms with Gasteiger partial charge < -0.3 is 21.5 Å². The summed E-state index contributed by atoms with van der Waals surface area (Å²) in [4.78, 5) is 15.7. The Labute approximate surface area is 160 Å². The molecule has 5 N–H and O–H groups in total. The molecule has 0 atom stereocenters. The second kappa shape index (κ2) is 10.5. The minimum atomic E-state index is -0.422. The summed E-state index contributed by atoms with van der Waals surface area (Å²) in [6, 6.07) is 7.52. The molecule has 134 valence electrons. The van der Waals surface area contributed by atoms with Crippen LogP contribution in [-0.2, 0) is 6.54 Å². The minimum Gasteiger partial charge on any atom is -0.393 e. The van der Waals surface area contributed by atoms with Gasteiger partial charge in [-0.2, -0.15) is 0 Å². The molecule has 0 aromatic heterocycles. The van der Waals surface area contributed by atoms with Gasteiger partial charge in [-0.05, 0) is 50.3 Å². The number of nitrogens with one attached hydrogen (secondary N) is 2. The van der Waals surface area contributed by atoms with E-state index in [-0.39, 0.29) is 30.1 Å². The number of aliphatic hydroxyl groups is 1. The maximum absolute atomic E-state index is 11.1. The highest BCUT2D eigenvalue weighted by atomic mass is 127. The average Bonchev–Trinajstić information content (AvgIpc) is 2.55. The normalized spacial score (nSPS) is 20.8. The lowest BCUT2D eigenvalue weighted by atomic mass is 9.93. The van der Waals surface area contributed by atoms with Crippen molar-refractivity contribution in [3.05, 3.63) is 35.4 Å². The van der Waals surface area contributed by atoms with Gasteiger partial charge in [-0.3, -0.25) is 4.79 Å². The number of aliphatic imine (C=N–C) groups is 1. The molecule has 6 nitrogen and oxygen atoms in total. The first-order valence-corrected chi connectivity index (χ1v) is 8.20. The number of guanidine groups is 1. The quantitative estimate of drug-likeness (QED) is 0.315. The highest BCUT2D eigenvalue weighted by molar-refractivity contribution is 14.0. The predicted molar refractivity (Wildman–Crippen MR) is 107 cm³/mol. The Morgan fingerprint density at radius 3 is 2.42 bits per heavy atom. The van der Waals surface area contributed by atoms with E-state index >= 15 is 0 Å². The largest absolute Gasteiger partial charge is 0.393 e. The number of aliphatic hydroxyl groups excluding tert-OH is 1. The first-order chi connectivity index (χ1) is 11.1. The molecular formula is C17H27IN4O2. The molecule has 0 radical (unpaired) electrons. The lowest BCUT2D eigenvalue weighted by Gasteiger charge is -2.27. The molecule has 1 aliphatic carbocycles. The number of hydrogen-bond acceptors (Lipinski definition) is 3. The summed E-state index contributed by atoms with van der Waals surface area (Å²) in [6.45, 7) is 3.36. The highest BCUT2D eigenvalue weighted by Crippen LogP contribution is 2.18. The van der Waals surface area contributed by atoms with Crippen LogP contribution in [0.3, 0.4) is 0 Å². The van der Waals surface area contributed by atoms with Crippen molar-refractivity contribution in [2.45, 2.75) is 51.3 Å². The lowest BCUT2D eigenvalue weighted by molar-refractivity contribution is 0.1000. The van der Waals surface area contributed by atoms with E-state index < -0.39 is 5.91 Å². The molecule has 7 heteroatoms. The van der Waals surface area contributed by atoms with Crippen LogP contribution in [-0.4, -0.2) is 35.7 Å². The molecule has 0 aliphatic heterocycles. The van der Waals surface area contributed by atoms with Crippen LogP contribution < -0.4 is 16.4 Å². The van der Waals surface area contributed by atoms with E-state index in [1.807, 2.05) is 19.1 Å². The third-order valence-electron chi connectivity index (χ3n) is 4.04. The monoisotopic (exact) mass is 446 g/mol. The molecule has 1 aromatic rings. The number of halogens is 1. The molecule has 1 aromatic carbocycles. The van der Waals surface area contributed by atoms with E-state index in [4.69, 9.17) is 5.73 Å². The molecule has 1 aliphatic rings. The van der Waals surface area contributed by atoms with E-state index in [1.54, 1.807) is 12.1 Å². The molecule has 24 heavy (non-hydrogen) atoms. The van der Waals surface area contributed by atoms with Crippen LogP contribution in [0, 0.1) is 0 Å². The van der Waals surface area contributed by atoms with Crippen molar-refractivity contribution in [1.82, 2.24) is 10.6 Å². The van der Waals surface area contributed by atoms with Gasteiger partial charge in [0.1, 0.15) is 0 Å². The standard InChI is InChI=1S/C17H26N4O2.HI/c1-2-19-17(21-14-7-9-15(22)10-8-14)20-11-12-3-5-13(6-4-12)16(18)23;/h3-6,14-15,22H,2,7-11H2,1H3,(H2,18,23)(H2,19,20,21);1H. The molecule has 1 amide bonds. The predicted octanol–water partition coefficient (Wildman–Crippen LogP) is 1.76. The molecule has 0 unspecified atom stereocenters. The van der Waals surface area contributed by atoms with E-state index in [9.17, 15) is 9.90 Å². The summed E-state index contributed by atoms with van der Waals surface area (Å²) in [5, 5.41) is 16.2. The Balaban J connectivity index is 0.00000288. The van der Waals surface area contributed by atoms with Crippen LogP contribution in [0.2, 0.25) is 0 Å². The third-order valence-corrected chi connectivity index (χ3v) is 4.04. The Morgan fingerprint density at radius 2 is 1.88 bits per heavy atom.